The van der Waals surface area contributed by atoms with Gasteiger partial charge in [0.25, 0.3) is 5.69 Å². The van der Waals surface area contributed by atoms with Crippen molar-refractivity contribution in [3.8, 4) is 0 Å². The summed E-state index contributed by atoms with van der Waals surface area (Å²) in [5.41, 5.74) is 2.23. The van der Waals surface area contributed by atoms with Crippen molar-refractivity contribution in [3.63, 3.8) is 0 Å². The number of carbonyl (C=O) groups excluding carboxylic acids is 1. The van der Waals surface area contributed by atoms with E-state index < -0.39 is 4.92 Å². The van der Waals surface area contributed by atoms with Crippen molar-refractivity contribution >= 4 is 28.2 Å². The minimum Gasteiger partial charge on any atom is -0.361 e. The van der Waals surface area contributed by atoms with E-state index in [0.29, 0.717) is 5.69 Å². The lowest BCUT2D eigenvalue weighted by Gasteiger charge is -2.04. The molecule has 0 bridgehead atoms. The first-order chi connectivity index (χ1) is 10.6. The molecule has 3 rings (SSSR count). The van der Waals surface area contributed by atoms with Crippen LogP contribution in [0.4, 0.5) is 11.4 Å². The highest BCUT2D eigenvalue weighted by molar-refractivity contribution is 5.95. The highest BCUT2D eigenvalue weighted by Crippen LogP contribution is 2.20. The molecule has 110 valence electrons. The number of nitrogens with zero attached hydrogens (tertiary/aromatic N) is 1. The highest BCUT2D eigenvalue weighted by Gasteiger charge is 2.11. The summed E-state index contributed by atoms with van der Waals surface area (Å²) in [4.78, 5) is 25.5. The second kappa shape index (κ2) is 5.69. The fourth-order valence-electron chi connectivity index (χ4n) is 2.35. The highest BCUT2D eigenvalue weighted by atomic mass is 16.6. The lowest BCUT2D eigenvalue weighted by Crippen LogP contribution is -2.14. The minimum absolute atomic E-state index is 0.0510. The van der Waals surface area contributed by atoms with Crippen LogP contribution in [0.5, 0.6) is 0 Å². The van der Waals surface area contributed by atoms with Gasteiger partial charge >= 0.3 is 0 Å². The normalized spacial score (nSPS) is 10.5. The molecular weight excluding hydrogens is 282 g/mol. The number of carbonyl (C=O) groups is 1. The predicted octanol–water partition coefficient (Wildman–Crippen LogP) is 3.26. The number of benzene rings is 2. The third-order valence-corrected chi connectivity index (χ3v) is 3.37. The summed E-state index contributed by atoms with van der Waals surface area (Å²) in [7, 11) is 0. The molecule has 1 amide bonds. The topological polar surface area (TPSA) is 88.0 Å². The van der Waals surface area contributed by atoms with Crippen molar-refractivity contribution in [2.75, 3.05) is 5.32 Å². The van der Waals surface area contributed by atoms with Crippen molar-refractivity contribution in [1.82, 2.24) is 4.98 Å². The lowest BCUT2D eigenvalue weighted by atomic mass is 10.1. The average molecular weight is 295 g/mol. The molecule has 6 heteroatoms. The number of rotatable bonds is 4. The average Bonchev–Trinajstić information content (AvgIpc) is 2.91. The third-order valence-electron chi connectivity index (χ3n) is 3.37. The lowest BCUT2D eigenvalue weighted by molar-refractivity contribution is -0.384. The number of non-ortho nitro benzene ring substituents is 1. The smallest absolute Gasteiger partial charge is 0.271 e. The van der Waals surface area contributed by atoms with E-state index in [-0.39, 0.29) is 18.0 Å². The molecule has 0 aliphatic heterocycles. The molecule has 0 radical (unpaired) electrons. The van der Waals surface area contributed by atoms with Gasteiger partial charge in [0.1, 0.15) is 0 Å². The van der Waals surface area contributed by atoms with Crippen LogP contribution in [0.25, 0.3) is 10.9 Å². The van der Waals surface area contributed by atoms with E-state index in [1.54, 1.807) is 18.3 Å². The second-order valence-electron chi connectivity index (χ2n) is 4.89. The number of nitro benzene ring substituents is 1. The quantitative estimate of drug-likeness (QED) is 0.572. The van der Waals surface area contributed by atoms with E-state index >= 15 is 0 Å². The van der Waals surface area contributed by atoms with Gasteiger partial charge in [0.05, 0.1) is 11.3 Å². The number of aromatic amines is 1. The molecule has 0 unspecified atom stereocenters. The largest absolute Gasteiger partial charge is 0.361 e. The third kappa shape index (κ3) is 2.80. The van der Waals surface area contributed by atoms with E-state index in [9.17, 15) is 14.9 Å². The maximum atomic E-state index is 12.1. The van der Waals surface area contributed by atoms with Crippen LogP contribution < -0.4 is 5.32 Å². The number of H-pyrrole nitrogens is 1. The molecule has 6 nitrogen and oxygen atoms in total. The summed E-state index contributed by atoms with van der Waals surface area (Å²) >= 11 is 0. The van der Waals surface area contributed by atoms with Gasteiger partial charge in [-0.25, -0.2) is 0 Å². The molecule has 22 heavy (non-hydrogen) atoms. The van der Waals surface area contributed by atoms with Crippen LogP contribution in [-0.4, -0.2) is 15.8 Å². The monoisotopic (exact) mass is 295 g/mol. The predicted molar refractivity (Wildman–Crippen MR) is 83.7 cm³/mol. The second-order valence-corrected chi connectivity index (χ2v) is 4.89. The molecule has 2 aromatic carbocycles. The molecular formula is C16H13N3O3. The van der Waals surface area contributed by atoms with Gasteiger partial charge in [-0.2, -0.15) is 0 Å². The number of nitro groups is 1. The Morgan fingerprint density at radius 3 is 2.82 bits per heavy atom. The number of fused-ring (bicyclic) bond motifs is 1. The van der Waals surface area contributed by atoms with Gasteiger partial charge in [0.15, 0.2) is 0 Å². The molecule has 0 atom stereocenters. The number of hydrogen-bond donors (Lipinski definition) is 2. The van der Waals surface area contributed by atoms with Crippen molar-refractivity contribution in [1.29, 1.82) is 0 Å². The van der Waals surface area contributed by atoms with Gasteiger partial charge in [-0.05, 0) is 17.7 Å². The van der Waals surface area contributed by atoms with Gasteiger partial charge in [-0.3, -0.25) is 14.9 Å². The first-order valence-corrected chi connectivity index (χ1v) is 6.73. The molecule has 3 aromatic rings. The fraction of sp³-hybridized carbons (Fsp3) is 0.0625. The Kier molecular flexibility index (Phi) is 3.57. The number of anilines is 1. The Morgan fingerprint density at radius 1 is 1.18 bits per heavy atom. The molecule has 1 heterocycles. The zero-order valence-electron chi connectivity index (χ0n) is 11.6. The van der Waals surface area contributed by atoms with Crippen LogP contribution in [0, 0.1) is 10.1 Å². The van der Waals surface area contributed by atoms with Crippen LogP contribution in [0.3, 0.4) is 0 Å². The van der Waals surface area contributed by atoms with Crippen LogP contribution in [-0.2, 0) is 11.2 Å². The molecule has 0 fully saturated rings. The SMILES string of the molecule is O=C(Cc1c[nH]c2ccccc12)Nc1cccc([N+](=O)[O-])c1. The van der Waals surface area contributed by atoms with Crippen LogP contribution >= 0.6 is 0 Å². The Morgan fingerprint density at radius 2 is 2.00 bits per heavy atom. The maximum Gasteiger partial charge on any atom is 0.271 e. The standard InChI is InChI=1S/C16H13N3O3/c20-16(18-12-4-3-5-13(9-12)19(21)22)8-11-10-17-15-7-2-1-6-14(11)15/h1-7,9-10,17H,8H2,(H,18,20). The number of amides is 1. The zero-order valence-corrected chi connectivity index (χ0v) is 11.6. The molecule has 0 saturated carbocycles. The summed E-state index contributed by atoms with van der Waals surface area (Å²) in [6.07, 6.45) is 2.00. The number of para-hydroxylation sites is 1. The van der Waals surface area contributed by atoms with E-state index in [1.807, 2.05) is 24.3 Å². The summed E-state index contributed by atoms with van der Waals surface area (Å²) in [5.74, 6) is -0.217. The maximum absolute atomic E-state index is 12.1. The van der Waals surface area contributed by atoms with Crippen LogP contribution in [0.15, 0.2) is 54.7 Å². The minimum atomic E-state index is -0.491. The van der Waals surface area contributed by atoms with Gasteiger partial charge in [-0.15, -0.1) is 0 Å². The van der Waals surface area contributed by atoms with Crippen molar-refractivity contribution in [3.05, 3.63) is 70.4 Å². The first-order valence-electron chi connectivity index (χ1n) is 6.73. The van der Waals surface area contributed by atoms with E-state index in [0.717, 1.165) is 16.5 Å². The Hall–Kier alpha value is -3.15. The van der Waals surface area contributed by atoms with Gasteiger partial charge < -0.3 is 10.3 Å². The molecule has 0 saturated heterocycles. The Bertz CT molecular complexity index is 854. The van der Waals surface area contributed by atoms with Crippen molar-refractivity contribution in [2.45, 2.75) is 6.42 Å². The van der Waals surface area contributed by atoms with E-state index in [2.05, 4.69) is 10.3 Å². The summed E-state index contributed by atoms with van der Waals surface area (Å²) < 4.78 is 0. The Labute approximate surface area is 125 Å². The van der Waals surface area contributed by atoms with E-state index in [1.165, 1.54) is 12.1 Å². The summed E-state index contributed by atoms with van der Waals surface area (Å²) in [6.45, 7) is 0. The molecule has 1 aromatic heterocycles. The molecule has 2 N–H and O–H groups in total. The van der Waals surface area contributed by atoms with Crippen LogP contribution in [0.2, 0.25) is 0 Å². The van der Waals surface area contributed by atoms with Gasteiger partial charge in [0, 0.05) is 34.9 Å². The van der Waals surface area contributed by atoms with Crippen molar-refractivity contribution < 1.29 is 9.72 Å². The number of aromatic nitrogens is 1. The van der Waals surface area contributed by atoms with Gasteiger partial charge in [0.2, 0.25) is 5.91 Å². The van der Waals surface area contributed by atoms with Gasteiger partial charge in [-0.1, -0.05) is 24.3 Å². The first kappa shape index (κ1) is 13.8. The summed E-state index contributed by atoms with van der Waals surface area (Å²) in [5, 5.41) is 14.4. The van der Waals surface area contributed by atoms with Crippen molar-refractivity contribution in [2.24, 2.45) is 0 Å². The van der Waals surface area contributed by atoms with E-state index in [4.69, 9.17) is 0 Å². The summed E-state index contributed by atoms with van der Waals surface area (Å²) in [6, 6.07) is 13.6. The molecule has 0 aliphatic carbocycles. The number of nitrogens with one attached hydrogen (secondary N) is 2. The number of hydrogen-bond acceptors (Lipinski definition) is 3. The van der Waals surface area contributed by atoms with Crippen LogP contribution in [0.1, 0.15) is 5.56 Å². The fourth-order valence-corrected chi connectivity index (χ4v) is 2.35. The Balaban J connectivity index is 1.75. The zero-order chi connectivity index (χ0) is 15.5. The molecule has 0 spiro atoms. The molecule has 0 aliphatic rings.